The zero-order valence-corrected chi connectivity index (χ0v) is 12.6. The van der Waals surface area contributed by atoms with E-state index in [0.29, 0.717) is 19.8 Å². The molecule has 0 radical (unpaired) electrons. The normalized spacial score (nSPS) is 10.6. The van der Waals surface area contributed by atoms with Crippen LogP contribution < -0.4 is 0 Å². The lowest BCUT2D eigenvalue weighted by Crippen LogP contribution is -2.41. The third kappa shape index (κ3) is 7.15. The maximum atomic E-state index is 12.2. The van der Waals surface area contributed by atoms with Gasteiger partial charge in [0.15, 0.2) is 0 Å². The number of carbonyl (C=O) groups is 2. The average molecular weight is 273 g/mol. The van der Waals surface area contributed by atoms with E-state index in [1.54, 1.807) is 14.0 Å². The van der Waals surface area contributed by atoms with E-state index < -0.39 is 0 Å². The van der Waals surface area contributed by atoms with Gasteiger partial charge in [0.1, 0.15) is 0 Å². The maximum absolute atomic E-state index is 12.2. The van der Waals surface area contributed by atoms with Crippen LogP contribution in [0, 0.1) is 0 Å². The number of carbonyl (C=O) groups excluding carboxylic acids is 2. The lowest BCUT2D eigenvalue weighted by atomic mass is 10.1. The number of amides is 1. The Bertz CT molecular complexity index is 264. The fourth-order valence-electron chi connectivity index (χ4n) is 2.02. The first-order valence-electron chi connectivity index (χ1n) is 7.04. The minimum absolute atomic E-state index is 0.00111. The van der Waals surface area contributed by atoms with E-state index in [1.807, 2.05) is 4.90 Å². The van der Waals surface area contributed by atoms with Crippen LogP contribution in [0.3, 0.4) is 0 Å². The van der Waals surface area contributed by atoms with Crippen LogP contribution in [0.1, 0.15) is 46.5 Å². The third-order valence-electron chi connectivity index (χ3n) is 3.09. The van der Waals surface area contributed by atoms with Crippen LogP contribution in [0.2, 0.25) is 0 Å². The summed E-state index contributed by atoms with van der Waals surface area (Å²) >= 11 is 0. The van der Waals surface area contributed by atoms with Gasteiger partial charge in [-0.05, 0) is 19.8 Å². The zero-order chi connectivity index (χ0) is 14.7. The van der Waals surface area contributed by atoms with E-state index >= 15 is 0 Å². The van der Waals surface area contributed by atoms with Gasteiger partial charge in [-0.25, -0.2) is 0 Å². The Kier molecular flexibility index (Phi) is 10.2. The fraction of sp³-hybridized carbons (Fsp3) is 0.857. The highest BCUT2D eigenvalue weighted by Gasteiger charge is 2.21. The van der Waals surface area contributed by atoms with Crippen LogP contribution in [0.25, 0.3) is 0 Å². The van der Waals surface area contributed by atoms with Crippen LogP contribution in [-0.2, 0) is 19.1 Å². The van der Waals surface area contributed by atoms with Crippen molar-refractivity contribution in [3.63, 3.8) is 0 Å². The van der Waals surface area contributed by atoms with Gasteiger partial charge < -0.3 is 14.4 Å². The molecule has 0 aliphatic carbocycles. The highest BCUT2D eigenvalue weighted by Crippen LogP contribution is 2.11. The van der Waals surface area contributed by atoms with Crippen molar-refractivity contribution < 1.29 is 19.1 Å². The van der Waals surface area contributed by atoms with Gasteiger partial charge in [0.2, 0.25) is 5.91 Å². The monoisotopic (exact) mass is 273 g/mol. The molecular weight excluding hydrogens is 246 g/mol. The van der Waals surface area contributed by atoms with E-state index in [9.17, 15) is 9.59 Å². The van der Waals surface area contributed by atoms with Gasteiger partial charge in [-0.1, -0.05) is 13.8 Å². The van der Waals surface area contributed by atoms with Crippen LogP contribution in [0.15, 0.2) is 0 Å². The van der Waals surface area contributed by atoms with Crippen molar-refractivity contribution in [1.29, 1.82) is 0 Å². The number of ether oxygens (including phenoxy) is 2. The Labute approximate surface area is 116 Å². The van der Waals surface area contributed by atoms with Crippen LogP contribution in [0.5, 0.6) is 0 Å². The summed E-state index contributed by atoms with van der Waals surface area (Å²) in [5, 5.41) is 0. The Morgan fingerprint density at radius 1 is 1.11 bits per heavy atom. The first-order chi connectivity index (χ1) is 9.10. The van der Waals surface area contributed by atoms with E-state index in [1.165, 1.54) is 0 Å². The Morgan fingerprint density at radius 3 is 2.21 bits per heavy atom. The number of nitrogens with zero attached hydrogens (tertiary/aromatic N) is 1. The van der Waals surface area contributed by atoms with Crippen molar-refractivity contribution in [3.8, 4) is 0 Å². The number of hydrogen-bond donors (Lipinski definition) is 0. The zero-order valence-electron chi connectivity index (χ0n) is 12.6. The number of esters is 1. The van der Waals surface area contributed by atoms with E-state index in [0.717, 1.165) is 12.8 Å². The molecule has 0 aromatic heterocycles. The van der Waals surface area contributed by atoms with Crippen molar-refractivity contribution >= 4 is 11.9 Å². The highest BCUT2D eigenvalue weighted by atomic mass is 16.5. The van der Waals surface area contributed by atoms with Gasteiger partial charge in [0.25, 0.3) is 0 Å². The Hall–Kier alpha value is -1.10. The van der Waals surface area contributed by atoms with Crippen molar-refractivity contribution in [3.05, 3.63) is 0 Å². The van der Waals surface area contributed by atoms with Gasteiger partial charge in [-0.2, -0.15) is 0 Å². The predicted octanol–water partition coefficient (Wildman–Crippen LogP) is 1.99. The molecule has 0 atom stereocenters. The summed E-state index contributed by atoms with van der Waals surface area (Å²) in [7, 11) is 1.62. The Balaban J connectivity index is 4.40. The van der Waals surface area contributed by atoms with Crippen molar-refractivity contribution in [1.82, 2.24) is 4.90 Å². The maximum Gasteiger partial charge on any atom is 0.306 e. The molecule has 0 aromatic rings. The second-order valence-electron chi connectivity index (χ2n) is 4.36. The average Bonchev–Trinajstić information content (AvgIpc) is 2.41. The predicted molar refractivity (Wildman–Crippen MR) is 73.8 cm³/mol. The second kappa shape index (κ2) is 10.8. The SMILES string of the molecule is CCOC(=O)CCC(=O)N(CCOC)C(CC)CC. The molecule has 112 valence electrons. The van der Waals surface area contributed by atoms with Gasteiger partial charge in [0.05, 0.1) is 19.6 Å². The summed E-state index contributed by atoms with van der Waals surface area (Å²) in [5.74, 6) is -0.314. The molecule has 0 saturated heterocycles. The van der Waals surface area contributed by atoms with Crippen LogP contribution in [0.4, 0.5) is 0 Å². The molecule has 0 bridgehead atoms. The Morgan fingerprint density at radius 2 is 1.74 bits per heavy atom. The lowest BCUT2D eigenvalue weighted by molar-refractivity contribution is -0.146. The summed E-state index contributed by atoms with van der Waals surface area (Å²) < 4.78 is 9.87. The van der Waals surface area contributed by atoms with E-state index in [2.05, 4.69) is 13.8 Å². The molecule has 5 nitrogen and oxygen atoms in total. The molecule has 19 heavy (non-hydrogen) atoms. The molecule has 0 aromatic carbocycles. The number of rotatable bonds is 10. The first kappa shape index (κ1) is 17.9. The summed E-state index contributed by atoms with van der Waals surface area (Å²) in [5.41, 5.74) is 0. The van der Waals surface area contributed by atoms with Crippen LogP contribution >= 0.6 is 0 Å². The molecule has 0 aliphatic rings. The molecule has 0 heterocycles. The van der Waals surface area contributed by atoms with Crippen molar-refractivity contribution in [2.75, 3.05) is 26.9 Å². The molecule has 0 aliphatic heterocycles. The number of hydrogen-bond acceptors (Lipinski definition) is 4. The third-order valence-corrected chi connectivity index (χ3v) is 3.09. The first-order valence-corrected chi connectivity index (χ1v) is 7.04. The second-order valence-corrected chi connectivity index (χ2v) is 4.36. The molecule has 0 spiro atoms. The summed E-state index contributed by atoms with van der Waals surface area (Å²) in [6.07, 6.45) is 2.17. The minimum Gasteiger partial charge on any atom is -0.466 e. The van der Waals surface area contributed by atoms with Crippen molar-refractivity contribution in [2.24, 2.45) is 0 Å². The summed E-state index contributed by atoms with van der Waals surface area (Å²) in [6, 6.07) is 0.213. The molecule has 0 saturated carbocycles. The largest absolute Gasteiger partial charge is 0.466 e. The number of methoxy groups -OCH3 is 1. The van der Waals surface area contributed by atoms with Gasteiger partial charge >= 0.3 is 5.97 Å². The van der Waals surface area contributed by atoms with Crippen LogP contribution in [-0.4, -0.2) is 49.7 Å². The van der Waals surface area contributed by atoms with Gasteiger partial charge in [-0.3, -0.25) is 9.59 Å². The lowest BCUT2D eigenvalue weighted by Gasteiger charge is -2.30. The summed E-state index contributed by atoms with van der Waals surface area (Å²) in [4.78, 5) is 25.3. The summed E-state index contributed by atoms with van der Waals surface area (Å²) in [6.45, 7) is 7.33. The molecule has 0 fully saturated rings. The topological polar surface area (TPSA) is 55.8 Å². The molecule has 0 unspecified atom stereocenters. The fourth-order valence-corrected chi connectivity index (χ4v) is 2.02. The quantitative estimate of drug-likeness (QED) is 0.571. The van der Waals surface area contributed by atoms with Crippen molar-refractivity contribution in [2.45, 2.75) is 52.5 Å². The van der Waals surface area contributed by atoms with Gasteiger partial charge in [0, 0.05) is 26.1 Å². The molecule has 0 N–H and O–H groups in total. The van der Waals surface area contributed by atoms with E-state index in [4.69, 9.17) is 9.47 Å². The molecule has 1 amide bonds. The van der Waals surface area contributed by atoms with E-state index in [-0.39, 0.29) is 30.8 Å². The standard InChI is InChI=1S/C14H27NO4/c1-5-12(6-2)15(10-11-18-4)13(16)8-9-14(17)19-7-3/h12H,5-11H2,1-4H3. The van der Waals surface area contributed by atoms with Gasteiger partial charge in [-0.15, -0.1) is 0 Å². The minimum atomic E-state index is -0.313. The molecular formula is C14H27NO4. The molecule has 5 heteroatoms. The smallest absolute Gasteiger partial charge is 0.306 e. The molecule has 0 rings (SSSR count). The highest BCUT2D eigenvalue weighted by molar-refractivity contribution is 5.81.